The molecule has 2 aliphatic heterocycles. The summed E-state index contributed by atoms with van der Waals surface area (Å²) in [5.74, 6) is -0.430. The van der Waals surface area contributed by atoms with Crippen molar-refractivity contribution in [3.05, 3.63) is 12.7 Å². The number of nitrogen functional groups attached to an aromatic ring is 1. The minimum Gasteiger partial charge on any atom is -0.438 e. The molecule has 0 saturated carbocycles. The second kappa shape index (κ2) is 6.78. The summed E-state index contributed by atoms with van der Waals surface area (Å²) >= 11 is 0. The lowest BCUT2D eigenvalue weighted by molar-refractivity contribution is -0.150. The highest BCUT2D eigenvalue weighted by Crippen LogP contribution is 2.56. The Morgan fingerprint density at radius 2 is 2.30 bits per heavy atom. The van der Waals surface area contributed by atoms with Gasteiger partial charge in [-0.15, -0.1) is 0 Å². The molecular formula is C13H16N5O8P. The van der Waals surface area contributed by atoms with E-state index in [0.29, 0.717) is 11.2 Å². The van der Waals surface area contributed by atoms with Gasteiger partial charge in [-0.1, -0.05) is 0 Å². The van der Waals surface area contributed by atoms with Gasteiger partial charge < -0.3 is 20.3 Å². The molecule has 0 aromatic carbocycles. The highest BCUT2D eigenvalue weighted by molar-refractivity contribution is 7.48. The number of aliphatic hydroxyl groups is 1. The minimum absolute atomic E-state index is 0.153. The Hall–Kier alpha value is -2.15. The van der Waals surface area contributed by atoms with Crippen LogP contribution < -0.4 is 5.73 Å². The van der Waals surface area contributed by atoms with E-state index in [2.05, 4.69) is 19.7 Å². The first-order valence-corrected chi connectivity index (χ1v) is 9.31. The molecule has 2 aromatic heterocycles. The topological polar surface area (TPSA) is 170 Å². The zero-order chi connectivity index (χ0) is 19.2. The van der Waals surface area contributed by atoms with E-state index in [1.54, 1.807) is 0 Å². The number of nitrogens with two attached hydrogens (primary N) is 1. The molecule has 27 heavy (non-hydrogen) atoms. The molecule has 0 radical (unpaired) electrons. The van der Waals surface area contributed by atoms with Crippen molar-refractivity contribution in [2.45, 2.75) is 31.5 Å². The molecule has 2 fully saturated rings. The number of nitrogens with zero attached hydrogens (tertiary/aromatic N) is 4. The maximum atomic E-state index is 12.5. The molecule has 0 bridgehead atoms. The number of aromatic nitrogens is 4. The summed E-state index contributed by atoms with van der Waals surface area (Å²) in [4.78, 5) is 22.8. The van der Waals surface area contributed by atoms with Gasteiger partial charge >= 0.3 is 13.8 Å². The molecule has 2 aromatic rings. The average molecular weight is 401 g/mol. The van der Waals surface area contributed by atoms with E-state index >= 15 is 0 Å². The normalized spacial score (nSPS) is 33.1. The molecule has 4 heterocycles. The smallest absolute Gasteiger partial charge is 0.438 e. The fourth-order valence-electron chi connectivity index (χ4n) is 2.86. The zero-order valence-corrected chi connectivity index (χ0v) is 14.9. The summed E-state index contributed by atoms with van der Waals surface area (Å²) in [6.07, 6.45) is -1.19. The quantitative estimate of drug-likeness (QED) is 0.391. The number of aliphatic hydroxyl groups excluding tert-OH is 1. The molecule has 3 N–H and O–H groups in total. The molecule has 0 unspecified atom stereocenters. The zero-order valence-electron chi connectivity index (χ0n) is 14.0. The van der Waals surface area contributed by atoms with Crippen LogP contribution in [0.3, 0.4) is 0 Å². The third kappa shape index (κ3) is 3.29. The number of hydrogen-bond acceptors (Lipinski definition) is 12. The molecular weight excluding hydrogens is 385 g/mol. The lowest BCUT2D eigenvalue weighted by Gasteiger charge is -2.30. The standard InChI is InChI=1S/C13H16N5O8P/c1-6(19)22-5-24-27(21)23-2-7-10(26-27)9(20)13(25-7)18-4-17-8-11(14)15-3-16-12(8)18/h3-4,7,9-10,13,20H,2,5H2,1H3,(H2,14,15,16)/t7-,9-,10-,13-,27-/m1/s1. The number of fused-ring (bicyclic) bond motifs is 2. The number of esters is 1. The summed E-state index contributed by atoms with van der Waals surface area (Å²) in [6, 6.07) is 0. The van der Waals surface area contributed by atoms with Crippen LogP contribution in [0.5, 0.6) is 0 Å². The number of phosphoric acid groups is 1. The Morgan fingerprint density at radius 1 is 1.48 bits per heavy atom. The van der Waals surface area contributed by atoms with E-state index in [-0.39, 0.29) is 12.4 Å². The van der Waals surface area contributed by atoms with Gasteiger partial charge in [-0.2, -0.15) is 0 Å². The summed E-state index contributed by atoms with van der Waals surface area (Å²) in [7, 11) is -4.02. The van der Waals surface area contributed by atoms with Gasteiger partial charge in [0, 0.05) is 6.92 Å². The van der Waals surface area contributed by atoms with Crippen LogP contribution in [0, 0.1) is 0 Å². The Bertz CT molecular complexity index is 921. The van der Waals surface area contributed by atoms with Gasteiger partial charge in [0.25, 0.3) is 0 Å². The predicted molar refractivity (Wildman–Crippen MR) is 85.8 cm³/mol. The number of anilines is 1. The number of imidazole rings is 1. The molecule has 2 aliphatic rings. The van der Waals surface area contributed by atoms with Crippen molar-refractivity contribution in [3.8, 4) is 0 Å². The van der Waals surface area contributed by atoms with Crippen molar-refractivity contribution < 1.29 is 37.5 Å². The van der Waals surface area contributed by atoms with Gasteiger partial charge in [-0.05, 0) is 0 Å². The number of phosphoric ester groups is 1. The molecule has 14 heteroatoms. The summed E-state index contributed by atoms with van der Waals surface area (Å²) in [5, 5.41) is 10.6. The second-order valence-electron chi connectivity index (χ2n) is 5.83. The van der Waals surface area contributed by atoms with Gasteiger partial charge in [-0.3, -0.25) is 18.4 Å². The van der Waals surface area contributed by atoms with Crippen LogP contribution >= 0.6 is 7.82 Å². The summed E-state index contributed by atoms with van der Waals surface area (Å²) in [5.41, 5.74) is 6.48. The lowest BCUT2D eigenvalue weighted by Crippen LogP contribution is -2.39. The third-order valence-electron chi connectivity index (χ3n) is 4.09. The van der Waals surface area contributed by atoms with Crippen LogP contribution in [-0.2, 0) is 32.4 Å². The van der Waals surface area contributed by atoms with E-state index < -0.39 is 45.1 Å². The number of carbonyl (C=O) groups is 1. The highest BCUT2D eigenvalue weighted by Gasteiger charge is 2.53. The van der Waals surface area contributed by atoms with E-state index in [9.17, 15) is 14.5 Å². The number of rotatable bonds is 4. The lowest BCUT2D eigenvalue weighted by atomic mass is 10.1. The predicted octanol–water partition coefficient (Wildman–Crippen LogP) is -0.273. The Balaban J connectivity index is 1.52. The van der Waals surface area contributed by atoms with Crippen molar-refractivity contribution >= 4 is 30.8 Å². The van der Waals surface area contributed by atoms with Crippen LogP contribution in [0.2, 0.25) is 0 Å². The molecule has 0 spiro atoms. The van der Waals surface area contributed by atoms with Crippen LogP contribution in [0.1, 0.15) is 13.2 Å². The van der Waals surface area contributed by atoms with Gasteiger partial charge in [0.05, 0.1) is 12.9 Å². The van der Waals surface area contributed by atoms with E-state index in [1.165, 1.54) is 24.1 Å². The van der Waals surface area contributed by atoms with Crippen LogP contribution in [0.25, 0.3) is 11.2 Å². The molecule has 0 aliphatic carbocycles. The van der Waals surface area contributed by atoms with Crippen molar-refractivity contribution in [3.63, 3.8) is 0 Å². The molecule has 5 atom stereocenters. The third-order valence-corrected chi connectivity index (χ3v) is 5.48. The maximum Gasteiger partial charge on any atom is 0.478 e. The largest absolute Gasteiger partial charge is 0.478 e. The number of ether oxygens (including phenoxy) is 2. The fraction of sp³-hybridized carbons (Fsp3) is 0.538. The van der Waals surface area contributed by atoms with Gasteiger partial charge in [0.15, 0.2) is 17.7 Å². The first-order chi connectivity index (χ1) is 12.9. The second-order valence-corrected chi connectivity index (χ2v) is 7.46. The van der Waals surface area contributed by atoms with Crippen LogP contribution in [0.4, 0.5) is 5.82 Å². The van der Waals surface area contributed by atoms with E-state index in [4.69, 9.17) is 24.0 Å². The molecule has 0 amide bonds. The Kier molecular flexibility index (Phi) is 4.58. The first kappa shape index (κ1) is 18.2. The van der Waals surface area contributed by atoms with Crippen molar-refractivity contribution in [2.24, 2.45) is 0 Å². The monoisotopic (exact) mass is 401 g/mol. The SMILES string of the molecule is CC(=O)OCO[P@@]1(=O)OC[C@H]2O[C@@H](n3cnc4c(N)ncnc43)[C@H](O)[C@@H]2O1. The van der Waals surface area contributed by atoms with Crippen molar-refractivity contribution in [1.82, 2.24) is 19.5 Å². The average Bonchev–Trinajstić information content (AvgIpc) is 3.17. The van der Waals surface area contributed by atoms with Crippen molar-refractivity contribution in [2.75, 3.05) is 19.1 Å². The highest BCUT2D eigenvalue weighted by atomic mass is 31.2. The minimum atomic E-state index is -4.02. The maximum absolute atomic E-state index is 12.5. The number of hydrogen-bond donors (Lipinski definition) is 2. The Morgan fingerprint density at radius 3 is 3.07 bits per heavy atom. The fourth-order valence-corrected chi connectivity index (χ4v) is 4.12. The summed E-state index contributed by atoms with van der Waals surface area (Å²) in [6.45, 7) is 0.412. The van der Waals surface area contributed by atoms with Gasteiger partial charge in [0.2, 0.25) is 6.79 Å². The van der Waals surface area contributed by atoms with E-state index in [1.807, 2.05) is 0 Å². The van der Waals surface area contributed by atoms with Gasteiger partial charge in [-0.25, -0.2) is 24.0 Å². The van der Waals surface area contributed by atoms with E-state index in [0.717, 1.165) is 0 Å². The molecule has 13 nitrogen and oxygen atoms in total. The number of carbonyl (C=O) groups excluding carboxylic acids is 1. The summed E-state index contributed by atoms with van der Waals surface area (Å²) < 4.78 is 39.6. The molecule has 4 rings (SSSR count). The molecule has 146 valence electrons. The molecule has 2 saturated heterocycles. The van der Waals surface area contributed by atoms with Crippen LogP contribution in [-0.4, -0.2) is 62.3 Å². The van der Waals surface area contributed by atoms with Crippen LogP contribution in [0.15, 0.2) is 12.7 Å². The van der Waals surface area contributed by atoms with Crippen molar-refractivity contribution in [1.29, 1.82) is 0 Å². The first-order valence-electron chi connectivity index (χ1n) is 7.85. The Labute approximate surface area is 152 Å². The van der Waals surface area contributed by atoms with Gasteiger partial charge in [0.1, 0.15) is 30.2 Å².